The van der Waals surface area contributed by atoms with Crippen LogP contribution in [0.2, 0.25) is 10.0 Å². The maximum Gasteiger partial charge on any atom is 0.319 e. The molecule has 0 radical (unpaired) electrons. The Morgan fingerprint density at radius 3 is 2.60 bits per heavy atom. The molecule has 0 unspecified atom stereocenters. The van der Waals surface area contributed by atoms with Crippen LogP contribution in [-0.2, 0) is 4.79 Å². The van der Waals surface area contributed by atoms with Gasteiger partial charge in [-0.3, -0.25) is 4.79 Å². The predicted octanol–water partition coefficient (Wildman–Crippen LogP) is 3.76. The van der Waals surface area contributed by atoms with Gasteiger partial charge in [-0.05, 0) is 25.0 Å². The summed E-state index contributed by atoms with van der Waals surface area (Å²) in [4.78, 5) is 21.9. The highest BCUT2D eigenvalue weighted by Gasteiger charge is 2.07. The fourth-order valence-electron chi connectivity index (χ4n) is 1.55. The Hall–Kier alpha value is -1.46. The number of hydrogen-bond donors (Lipinski definition) is 3. The number of aliphatic carboxylic acids is 1. The summed E-state index contributed by atoms with van der Waals surface area (Å²) in [5, 5.41) is 14.4. The molecule has 0 aliphatic carbocycles. The first-order chi connectivity index (χ1) is 9.50. The molecule has 1 rings (SSSR count). The molecule has 2 amide bonds. The zero-order valence-corrected chi connectivity index (χ0v) is 12.3. The molecule has 0 saturated carbocycles. The number of rotatable bonds is 7. The summed E-state index contributed by atoms with van der Waals surface area (Å²) in [7, 11) is 0. The van der Waals surface area contributed by atoms with E-state index in [1.165, 1.54) is 0 Å². The van der Waals surface area contributed by atoms with Gasteiger partial charge in [-0.25, -0.2) is 4.79 Å². The van der Waals surface area contributed by atoms with E-state index < -0.39 is 5.97 Å². The first-order valence-electron chi connectivity index (χ1n) is 6.21. The predicted molar refractivity (Wildman–Crippen MR) is 79.6 cm³/mol. The van der Waals surface area contributed by atoms with Crippen molar-refractivity contribution in [2.24, 2.45) is 0 Å². The van der Waals surface area contributed by atoms with Crippen LogP contribution in [0.3, 0.4) is 0 Å². The number of carboxylic acid groups (broad SMARTS) is 1. The molecule has 7 heteroatoms. The van der Waals surface area contributed by atoms with Crippen LogP contribution >= 0.6 is 23.2 Å². The lowest BCUT2D eigenvalue weighted by atomic mass is 10.2. The molecule has 3 N–H and O–H groups in total. The van der Waals surface area contributed by atoms with E-state index in [0.717, 1.165) is 12.8 Å². The summed E-state index contributed by atoms with van der Waals surface area (Å²) in [6.45, 7) is 0.476. The van der Waals surface area contributed by atoms with Crippen molar-refractivity contribution in [3.63, 3.8) is 0 Å². The van der Waals surface area contributed by atoms with Gasteiger partial charge in [-0.1, -0.05) is 35.7 Å². The van der Waals surface area contributed by atoms with Crippen LogP contribution in [0.1, 0.15) is 25.7 Å². The minimum Gasteiger partial charge on any atom is -0.481 e. The Kier molecular flexibility index (Phi) is 7.18. The Bertz CT molecular complexity index is 481. The Labute approximate surface area is 127 Å². The monoisotopic (exact) mass is 318 g/mol. The highest BCUT2D eigenvalue weighted by molar-refractivity contribution is 6.43. The molecule has 0 fully saturated rings. The van der Waals surface area contributed by atoms with E-state index in [4.69, 9.17) is 28.3 Å². The topological polar surface area (TPSA) is 78.4 Å². The summed E-state index contributed by atoms with van der Waals surface area (Å²) in [6, 6.07) is 4.61. The second-order valence-corrected chi connectivity index (χ2v) is 4.97. The van der Waals surface area contributed by atoms with Gasteiger partial charge in [0.05, 0.1) is 15.7 Å². The smallest absolute Gasteiger partial charge is 0.319 e. The van der Waals surface area contributed by atoms with E-state index in [9.17, 15) is 9.59 Å². The zero-order chi connectivity index (χ0) is 15.0. The summed E-state index contributed by atoms with van der Waals surface area (Å²) in [5.74, 6) is -0.800. The minimum absolute atomic E-state index is 0.157. The van der Waals surface area contributed by atoms with E-state index in [-0.39, 0.29) is 12.5 Å². The molecule has 0 aliphatic rings. The van der Waals surface area contributed by atoms with Crippen molar-refractivity contribution < 1.29 is 14.7 Å². The second kappa shape index (κ2) is 8.66. The third-order valence-electron chi connectivity index (χ3n) is 2.55. The summed E-state index contributed by atoms with van der Waals surface area (Å²) in [5.41, 5.74) is 0.447. The molecule has 110 valence electrons. The maximum absolute atomic E-state index is 11.6. The lowest BCUT2D eigenvalue weighted by Crippen LogP contribution is -2.29. The van der Waals surface area contributed by atoms with Crippen LogP contribution < -0.4 is 10.6 Å². The molecule has 0 aliphatic heterocycles. The Balaban J connectivity index is 2.24. The molecular weight excluding hydrogens is 303 g/mol. The summed E-state index contributed by atoms with van der Waals surface area (Å²) < 4.78 is 0. The van der Waals surface area contributed by atoms with Crippen LogP contribution in [-0.4, -0.2) is 23.7 Å². The highest BCUT2D eigenvalue weighted by Crippen LogP contribution is 2.29. The lowest BCUT2D eigenvalue weighted by Gasteiger charge is -2.09. The first-order valence-corrected chi connectivity index (χ1v) is 6.97. The van der Waals surface area contributed by atoms with E-state index in [2.05, 4.69) is 10.6 Å². The maximum atomic E-state index is 11.6. The second-order valence-electron chi connectivity index (χ2n) is 4.19. The van der Waals surface area contributed by atoms with Gasteiger partial charge >= 0.3 is 12.0 Å². The molecule has 0 atom stereocenters. The van der Waals surface area contributed by atoms with Crippen molar-refractivity contribution in [2.75, 3.05) is 11.9 Å². The van der Waals surface area contributed by atoms with Crippen LogP contribution in [0.15, 0.2) is 18.2 Å². The number of hydrogen-bond acceptors (Lipinski definition) is 2. The number of anilines is 1. The van der Waals surface area contributed by atoms with Crippen LogP contribution in [0, 0.1) is 0 Å². The summed E-state index contributed by atoms with van der Waals surface area (Å²) in [6.07, 6.45) is 2.25. The molecule has 20 heavy (non-hydrogen) atoms. The average molecular weight is 319 g/mol. The highest BCUT2D eigenvalue weighted by atomic mass is 35.5. The number of unbranched alkanes of at least 4 members (excludes halogenated alkanes) is 2. The molecule has 1 aromatic carbocycles. The van der Waals surface area contributed by atoms with E-state index >= 15 is 0 Å². The van der Waals surface area contributed by atoms with Crippen LogP contribution in [0.5, 0.6) is 0 Å². The molecule has 1 aromatic rings. The zero-order valence-electron chi connectivity index (χ0n) is 10.8. The van der Waals surface area contributed by atoms with Gasteiger partial charge in [-0.15, -0.1) is 0 Å². The SMILES string of the molecule is O=C(O)CCCCCNC(=O)Nc1cccc(Cl)c1Cl. The van der Waals surface area contributed by atoms with Gasteiger partial charge in [-0.2, -0.15) is 0 Å². The third-order valence-corrected chi connectivity index (χ3v) is 3.37. The fourth-order valence-corrected chi connectivity index (χ4v) is 1.89. The molecule has 0 aromatic heterocycles. The largest absolute Gasteiger partial charge is 0.481 e. The summed E-state index contributed by atoms with van der Waals surface area (Å²) >= 11 is 11.8. The Morgan fingerprint density at radius 1 is 1.15 bits per heavy atom. The van der Waals surface area contributed by atoms with Crippen molar-refractivity contribution in [3.05, 3.63) is 28.2 Å². The number of urea groups is 1. The van der Waals surface area contributed by atoms with Gasteiger partial charge in [0, 0.05) is 13.0 Å². The van der Waals surface area contributed by atoms with Crippen LogP contribution in [0.25, 0.3) is 0 Å². The van der Waals surface area contributed by atoms with E-state index in [0.29, 0.717) is 28.7 Å². The Morgan fingerprint density at radius 2 is 1.90 bits per heavy atom. The quantitative estimate of drug-likeness (QED) is 0.670. The molecule has 0 spiro atoms. The molecule has 5 nitrogen and oxygen atoms in total. The van der Waals surface area contributed by atoms with Gasteiger partial charge in [0.25, 0.3) is 0 Å². The third kappa shape index (κ3) is 6.12. The average Bonchev–Trinajstić information content (AvgIpc) is 2.39. The van der Waals surface area contributed by atoms with Gasteiger partial charge < -0.3 is 15.7 Å². The standard InChI is InChI=1S/C13H16Cl2N2O3/c14-9-5-4-6-10(12(9)15)17-13(20)16-8-3-1-2-7-11(18)19/h4-6H,1-3,7-8H2,(H,18,19)(H2,16,17,20). The van der Waals surface area contributed by atoms with E-state index in [1.807, 2.05) is 0 Å². The number of carbonyl (C=O) groups is 2. The minimum atomic E-state index is -0.800. The normalized spacial score (nSPS) is 10.1. The van der Waals surface area contributed by atoms with Gasteiger partial charge in [0.2, 0.25) is 0 Å². The van der Waals surface area contributed by atoms with Crippen LogP contribution in [0.4, 0.5) is 10.5 Å². The van der Waals surface area contributed by atoms with Crippen molar-refractivity contribution >= 4 is 40.9 Å². The number of nitrogens with one attached hydrogen (secondary N) is 2. The number of carbonyl (C=O) groups excluding carboxylic acids is 1. The number of halogens is 2. The first kappa shape index (κ1) is 16.6. The van der Waals surface area contributed by atoms with Gasteiger partial charge in [0.1, 0.15) is 0 Å². The molecule has 0 saturated heterocycles. The van der Waals surface area contributed by atoms with Gasteiger partial charge in [0.15, 0.2) is 0 Å². The van der Waals surface area contributed by atoms with Crippen molar-refractivity contribution in [1.29, 1.82) is 0 Å². The number of amides is 2. The lowest BCUT2D eigenvalue weighted by molar-refractivity contribution is -0.137. The number of benzene rings is 1. The molecule has 0 heterocycles. The van der Waals surface area contributed by atoms with Crippen molar-refractivity contribution in [3.8, 4) is 0 Å². The van der Waals surface area contributed by atoms with Crippen molar-refractivity contribution in [1.82, 2.24) is 5.32 Å². The molecular formula is C13H16Cl2N2O3. The van der Waals surface area contributed by atoms with Crippen molar-refractivity contribution in [2.45, 2.75) is 25.7 Å². The number of carboxylic acids is 1. The van der Waals surface area contributed by atoms with E-state index in [1.54, 1.807) is 18.2 Å². The fraction of sp³-hybridized carbons (Fsp3) is 0.385. The molecule has 0 bridgehead atoms.